The minimum Gasteiger partial charge on any atom is -0.342 e. The van der Waals surface area contributed by atoms with Crippen molar-refractivity contribution in [1.29, 1.82) is 0 Å². The largest absolute Gasteiger partial charge is 0.342 e. The Hall–Kier alpha value is -0.880. The highest BCUT2D eigenvalue weighted by Gasteiger charge is 2.14. The maximum atomic E-state index is 12.2. The first kappa shape index (κ1) is 17.2. The van der Waals surface area contributed by atoms with Gasteiger partial charge in [0.15, 0.2) is 9.84 Å². The van der Waals surface area contributed by atoms with Crippen molar-refractivity contribution in [1.82, 2.24) is 4.90 Å². The number of rotatable bonds is 7. The molecule has 20 heavy (non-hydrogen) atoms. The lowest BCUT2D eigenvalue weighted by molar-refractivity contribution is 0.0792. The van der Waals surface area contributed by atoms with Gasteiger partial charge in [0.05, 0.1) is 4.90 Å². The van der Waals surface area contributed by atoms with Crippen LogP contribution in [0.4, 0.5) is 0 Å². The maximum Gasteiger partial charge on any atom is 0.253 e. The summed E-state index contributed by atoms with van der Waals surface area (Å²) in [5.41, 5.74) is 0.413. The number of hydrogen-bond acceptors (Lipinski definition) is 3. The molecular weight excluding hydrogens is 342 g/mol. The van der Waals surface area contributed by atoms with Gasteiger partial charge in [0, 0.05) is 30.7 Å². The van der Waals surface area contributed by atoms with Gasteiger partial charge >= 0.3 is 0 Å². The van der Waals surface area contributed by atoms with Crippen molar-refractivity contribution in [2.45, 2.75) is 24.2 Å². The number of alkyl halides is 1. The van der Waals surface area contributed by atoms with Crippen molar-refractivity contribution in [2.24, 2.45) is 0 Å². The van der Waals surface area contributed by atoms with Gasteiger partial charge in [-0.3, -0.25) is 4.79 Å². The number of hydrogen-bond donors (Lipinski definition) is 0. The number of halogens is 1. The van der Waals surface area contributed by atoms with Crippen molar-refractivity contribution < 1.29 is 13.2 Å². The summed E-state index contributed by atoms with van der Waals surface area (Å²) in [4.78, 5) is 14.0. The highest BCUT2D eigenvalue weighted by Crippen LogP contribution is 2.13. The predicted octanol–water partition coefficient (Wildman–Crippen LogP) is 2.73. The molecule has 4 nitrogen and oxygen atoms in total. The minimum atomic E-state index is -3.28. The van der Waals surface area contributed by atoms with Crippen molar-refractivity contribution in [2.75, 3.05) is 25.2 Å². The zero-order chi connectivity index (χ0) is 15.2. The molecule has 0 heterocycles. The summed E-state index contributed by atoms with van der Waals surface area (Å²) in [5.74, 6) is -0.144. The molecule has 0 radical (unpaired) electrons. The fourth-order valence-corrected chi connectivity index (χ4v) is 2.87. The fraction of sp³-hybridized carbons (Fsp3) is 0.500. The van der Waals surface area contributed by atoms with Gasteiger partial charge in [-0.25, -0.2) is 8.42 Å². The van der Waals surface area contributed by atoms with E-state index in [9.17, 15) is 13.2 Å². The first-order valence-electron chi connectivity index (χ1n) is 6.48. The van der Waals surface area contributed by atoms with Crippen LogP contribution in [0.2, 0.25) is 0 Å². The number of sulfone groups is 1. The standard InChI is InChI=1S/C14H20BrNO3S/c1-16(10-5-3-4-9-15)14(17)12-7-6-8-13(11-12)20(2,18)19/h6-8,11H,3-5,9-10H2,1-2H3. The van der Waals surface area contributed by atoms with Gasteiger partial charge < -0.3 is 4.90 Å². The number of benzene rings is 1. The molecule has 0 saturated carbocycles. The summed E-state index contributed by atoms with van der Waals surface area (Å²) in [6.07, 6.45) is 4.23. The van der Waals surface area contributed by atoms with Crippen molar-refractivity contribution >= 4 is 31.7 Å². The molecular formula is C14H20BrNO3S. The second-order valence-corrected chi connectivity index (χ2v) is 7.59. The van der Waals surface area contributed by atoms with E-state index in [1.807, 2.05) is 0 Å². The van der Waals surface area contributed by atoms with E-state index in [0.717, 1.165) is 30.8 Å². The van der Waals surface area contributed by atoms with Gasteiger partial charge in [-0.1, -0.05) is 28.4 Å². The molecule has 0 unspecified atom stereocenters. The molecule has 1 aromatic carbocycles. The van der Waals surface area contributed by atoms with Crippen molar-refractivity contribution in [3.8, 4) is 0 Å². The van der Waals surface area contributed by atoms with Gasteiger partial charge in [0.1, 0.15) is 0 Å². The third-order valence-corrected chi connectivity index (χ3v) is 4.65. The quantitative estimate of drug-likeness (QED) is 0.554. The Labute approximate surface area is 129 Å². The van der Waals surface area contributed by atoms with Crippen LogP contribution in [0.3, 0.4) is 0 Å². The Morgan fingerprint density at radius 2 is 1.95 bits per heavy atom. The van der Waals surface area contributed by atoms with Crippen LogP contribution in [0, 0.1) is 0 Å². The SMILES string of the molecule is CN(CCCCCBr)C(=O)c1cccc(S(C)(=O)=O)c1. The van der Waals surface area contributed by atoms with Crippen LogP contribution in [0.25, 0.3) is 0 Å². The minimum absolute atomic E-state index is 0.144. The number of unbranched alkanes of at least 4 members (excludes halogenated alkanes) is 2. The van der Waals surface area contributed by atoms with E-state index in [4.69, 9.17) is 0 Å². The number of carbonyl (C=O) groups is 1. The van der Waals surface area contributed by atoms with Gasteiger partial charge in [-0.05, 0) is 31.0 Å². The highest BCUT2D eigenvalue weighted by atomic mass is 79.9. The van der Waals surface area contributed by atoms with E-state index < -0.39 is 9.84 Å². The second kappa shape index (κ2) is 7.78. The lowest BCUT2D eigenvalue weighted by atomic mass is 10.2. The Kier molecular flexibility index (Phi) is 6.68. The number of amides is 1. The van der Waals surface area contributed by atoms with E-state index in [1.165, 1.54) is 12.1 Å². The Balaban J connectivity index is 2.72. The average molecular weight is 362 g/mol. The molecule has 0 aliphatic heterocycles. The van der Waals surface area contributed by atoms with Crippen LogP contribution >= 0.6 is 15.9 Å². The molecule has 0 fully saturated rings. The third kappa shape index (κ3) is 5.25. The van der Waals surface area contributed by atoms with Gasteiger partial charge in [-0.15, -0.1) is 0 Å². The molecule has 1 aromatic rings. The monoisotopic (exact) mass is 361 g/mol. The lowest BCUT2D eigenvalue weighted by Gasteiger charge is -2.17. The van der Waals surface area contributed by atoms with E-state index in [1.54, 1.807) is 24.1 Å². The van der Waals surface area contributed by atoms with Crippen LogP contribution in [-0.2, 0) is 9.84 Å². The number of carbonyl (C=O) groups excluding carboxylic acids is 1. The van der Waals surface area contributed by atoms with E-state index >= 15 is 0 Å². The zero-order valence-corrected chi connectivity index (χ0v) is 14.2. The molecule has 0 saturated heterocycles. The summed E-state index contributed by atoms with van der Waals surface area (Å²) in [5, 5.41) is 0.973. The number of nitrogens with zero attached hydrogens (tertiary/aromatic N) is 1. The first-order valence-corrected chi connectivity index (χ1v) is 9.49. The predicted molar refractivity (Wildman–Crippen MR) is 84.2 cm³/mol. The Bertz CT molecular complexity index is 557. The molecule has 0 N–H and O–H groups in total. The van der Waals surface area contributed by atoms with E-state index in [-0.39, 0.29) is 10.8 Å². The summed E-state index contributed by atoms with van der Waals surface area (Å²) >= 11 is 3.37. The van der Waals surface area contributed by atoms with E-state index in [0.29, 0.717) is 12.1 Å². The van der Waals surface area contributed by atoms with Crippen LogP contribution in [0.1, 0.15) is 29.6 Å². The summed E-state index contributed by atoms with van der Waals surface area (Å²) in [6.45, 7) is 0.676. The fourth-order valence-electron chi connectivity index (χ4n) is 1.80. The summed E-state index contributed by atoms with van der Waals surface area (Å²) < 4.78 is 23.0. The molecule has 0 aliphatic rings. The van der Waals surface area contributed by atoms with Gasteiger partial charge in [0.2, 0.25) is 0 Å². The Morgan fingerprint density at radius 1 is 1.25 bits per heavy atom. The van der Waals surface area contributed by atoms with Crippen molar-refractivity contribution in [3.05, 3.63) is 29.8 Å². The average Bonchev–Trinajstić information content (AvgIpc) is 2.42. The highest BCUT2D eigenvalue weighted by molar-refractivity contribution is 9.09. The molecule has 1 amide bonds. The summed E-state index contributed by atoms with van der Waals surface area (Å²) in [6, 6.07) is 6.18. The molecule has 112 valence electrons. The normalized spacial score (nSPS) is 11.3. The van der Waals surface area contributed by atoms with Gasteiger partial charge in [-0.2, -0.15) is 0 Å². The van der Waals surface area contributed by atoms with E-state index in [2.05, 4.69) is 15.9 Å². The Morgan fingerprint density at radius 3 is 2.55 bits per heavy atom. The molecule has 6 heteroatoms. The smallest absolute Gasteiger partial charge is 0.253 e. The molecule has 0 aliphatic carbocycles. The van der Waals surface area contributed by atoms with Crippen LogP contribution < -0.4 is 0 Å². The summed E-state index contributed by atoms with van der Waals surface area (Å²) in [7, 11) is -1.55. The lowest BCUT2D eigenvalue weighted by Crippen LogP contribution is -2.27. The second-order valence-electron chi connectivity index (χ2n) is 4.78. The molecule has 0 spiro atoms. The molecule has 0 aromatic heterocycles. The first-order chi connectivity index (χ1) is 9.36. The molecule has 0 bridgehead atoms. The maximum absolute atomic E-state index is 12.2. The molecule has 1 rings (SSSR count). The van der Waals surface area contributed by atoms with Gasteiger partial charge in [0.25, 0.3) is 5.91 Å². The zero-order valence-electron chi connectivity index (χ0n) is 11.8. The van der Waals surface area contributed by atoms with Crippen LogP contribution in [-0.4, -0.2) is 44.4 Å². The molecule has 0 atom stereocenters. The third-order valence-electron chi connectivity index (χ3n) is 2.98. The van der Waals surface area contributed by atoms with Crippen LogP contribution in [0.15, 0.2) is 29.2 Å². The topological polar surface area (TPSA) is 54.5 Å². The van der Waals surface area contributed by atoms with Crippen molar-refractivity contribution in [3.63, 3.8) is 0 Å². The van der Waals surface area contributed by atoms with Crippen LogP contribution in [0.5, 0.6) is 0 Å².